The summed E-state index contributed by atoms with van der Waals surface area (Å²) in [6.45, 7) is 6.41. The number of ether oxygens (including phenoxy) is 4. The van der Waals surface area contributed by atoms with Crippen molar-refractivity contribution in [1.29, 1.82) is 0 Å². The number of cyclic esters (lactones) is 1. The molecule has 0 radical (unpaired) electrons. The molecule has 2 aromatic rings. The number of Topliss-reactive ketones (excluding diaryl/α,β-unsaturated/α-hetero) is 1. The molecule has 0 bridgehead atoms. The molecule has 2 aromatic heterocycles. The number of nitrogens with one attached hydrogen (secondary N) is 1. The van der Waals surface area contributed by atoms with Gasteiger partial charge in [-0.3, -0.25) is 9.59 Å². The van der Waals surface area contributed by atoms with E-state index in [1.54, 1.807) is 20.8 Å². The standard InChI is InChI=1S/C10H11N3O4.C7H10O3.C6H7N3O2/c1-6(14)5-7(15)13-9-8(10(16)17-2)11-3-4-12-9;1-5-4-6(8)10-7(2,3)9-5;1-11-6(10)4-5(7)9-3-2-8-4/h3-4H,5H2,1-2H3,(H,12,13,15);4H,1-3H3;2-3H,1H3,(H2,7,9). The number of carbonyl (C=O) groups is 5. The summed E-state index contributed by atoms with van der Waals surface area (Å²) in [5, 5.41) is 2.32. The van der Waals surface area contributed by atoms with Gasteiger partial charge in [-0.15, -0.1) is 0 Å². The molecule has 0 atom stereocenters. The Bertz CT molecular complexity index is 1210. The Balaban J connectivity index is 0.000000299. The topological polar surface area (TPSA) is 212 Å². The molecule has 3 N–H and O–H groups in total. The lowest BCUT2D eigenvalue weighted by molar-refractivity contribution is -0.204. The highest BCUT2D eigenvalue weighted by Gasteiger charge is 2.28. The van der Waals surface area contributed by atoms with Crippen LogP contribution < -0.4 is 11.1 Å². The van der Waals surface area contributed by atoms with E-state index in [2.05, 4.69) is 34.7 Å². The Morgan fingerprint density at radius 3 is 1.95 bits per heavy atom. The van der Waals surface area contributed by atoms with E-state index in [-0.39, 0.29) is 41.2 Å². The lowest BCUT2D eigenvalue weighted by atomic mass is 10.3. The molecule has 3 heterocycles. The molecule has 0 saturated carbocycles. The van der Waals surface area contributed by atoms with E-state index >= 15 is 0 Å². The number of carbonyl (C=O) groups excluding carboxylic acids is 5. The summed E-state index contributed by atoms with van der Waals surface area (Å²) in [5.74, 6) is -2.60. The lowest BCUT2D eigenvalue weighted by Gasteiger charge is -2.29. The summed E-state index contributed by atoms with van der Waals surface area (Å²) in [4.78, 5) is 69.8. The molecule has 1 amide bonds. The Labute approximate surface area is 217 Å². The molecule has 15 nitrogen and oxygen atoms in total. The van der Waals surface area contributed by atoms with Gasteiger partial charge in [0, 0.05) is 38.6 Å². The van der Waals surface area contributed by atoms with Gasteiger partial charge in [0.2, 0.25) is 11.7 Å². The molecule has 15 heteroatoms. The molecule has 0 unspecified atom stereocenters. The number of ketones is 1. The largest absolute Gasteiger partial charge is 0.464 e. The number of methoxy groups -OCH3 is 2. The van der Waals surface area contributed by atoms with E-state index in [0.29, 0.717) is 5.76 Å². The van der Waals surface area contributed by atoms with Crippen molar-refractivity contribution in [3.05, 3.63) is 48.0 Å². The minimum atomic E-state index is -0.796. The van der Waals surface area contributed by atoms with Crippen LogP contribution in [0, 0.1) is 0 Å². The fraction of sp³-hybridized carbons (Fsp3) is 0.348. The minimum Gasteiger partial charge on any atom is -0.464 e. The third-order valence-corrected chi connectivity index (χ3v) is 3.92. The Kier molecular flexibility index (Phi) is 11.9. The van der Waals surface area contributed by atoms with Gasteiger partial charge < -0.3 is 30.0 Å². The first-order chi connectivity index (χ1) is 17.8. The van der Waals surface area contributed by atoms with E-state index in [0.717, 1.165) is 0 Å². The van der Waals surface area contributed by atoms with E-state index in [4.69, 9.17) is 15.2 Å². The quantitative estimate of drug-likeness (QED) is 0.315. The molecule has 204 valence electrons. The summed E-state index contributed by atoms with van der Waals surface area (Å²) in [6, 6.07) is 0. The minimum absolute atomic E-state index is 0.0226. The molecule has 0 saturated heterocycles. The van der Waals surface area contributed by atoms with Crippen molar-refractivity contribution in [3.8, 4) is 0 Å². The fourth-order valence-electron chi connectivity index (χ4n) is 2.56. The molecule has 0 aliphatic carbocycles. The maximum atomic E-state index is 11.3. The number of rotatable bonds is 5. The average molecular weight is 533 g/mol. The number of anilines is 2. The summed E-state index contributed by atoms with van der Waals surface area (Å²) in [7, 11) is 2.45. The van der Waals surface area contributed by atoms with E-state index in [9.17, 15) is 24.0 Å². The zero-order chi connectivity index (χ0) is 28.9. The van der Waals surface area contributed by atoms with Crippen molar-refractivity contribution in [1.82, 2.24) is 19.9 Å². The summed E-state index contributed by atoms with van der Waals surface area (Å²) in [5.41, 5.74) is 5.27. The van der Waals surface area contributed by atoms with Gasteiger partial charge in [0.25, 0.3) is 0 Å². The van der Waals surface area contributed by atoms with Gasteiger partial charge in [-0.2, -0.15) is 0 Å². The first-order valence-corrected chi connectivity index (χ1v) is 10.7. The van der Waals surface area contributed by atoms with Gasteiger partial charge in [0.15, 0.2) is 23.0 Å². The van der Waals surface area contributed by atoms with Gasteiger partial charge in [-0.1, -0.05) is 0 Å². The van der Waals surface area contributed by atoms with Crippen LogP contribution in [-0.4, -0.2) is 69.5 Å². The molecule has 3 rings (SSSR count). The second kappa shape index (κ2) is 14.6. The lowest BCUT2D eigenvalue weighted by Crippen LogP contribution is -2.33. The number of hydrogen-bond acceptors (Lipinski definition) is 14. The van der Waals surface area contributed by atoms with Crippen LogP contribution in [0.5, 0.6) is 0 Å². The molecule has 1 aliphatic rings. The first-order valence-electron chi connectivity index (χ1n) is 10.7. The monoisotopic (exact) mass is 532 g/mol. The number of nitrogens with two attached hydrogens (primary N) is 1. The third kappa shape index (κ3) is 10.8. The van der Waals surface area contributed by atoms with Gasteiger partial charge in [-0.25, -0.2) is 34.3 Å². The Morgan fingerprint density at radius 2 is 1.45 bits per heavy atom. The van der Waals surface area contributed by atoms with E-state index in [1.165, 1.54) is 52.0 Å². The molecule has 38 heavy (non-hydrogen) atoms. The fourth-order valence-corrected chi connectivity index (χ4v) is 2.56. The van der Waals surface area contributed by atoms with Crippen molar-refractivity contribution >= 4 is 41.2 Å². The molecular weight excluding hydrogens is 504 g/mol. The van der Waals surface area contributed by atoms with Crippen molar-refractivity contribution in [2.24, 2.45) is 0 Å². The number of aromatic nitrogens is 4. The zero-order valence-electron chi connectivity index (χ0n) is 21.6. The van der Waals surface area contributed by atoms with E-state index in [1.807, 2.05) is 0 Å². The molecule has 0 fully saturated rings. The number of nitrogen functional groups attached to an aromatic ring is 1. The van der Waals surface area contributed by atoms with Crippen LogP contribution in [0.3, 0.4) is 0 Å². The second-order valence-corrected chi connectivity index (χ2v) is 7.63. The molecule has 1 aliphatic heterocycles. The smallest absolute Gasteiger partial charge is 0.360 e. The highest BCUT2D eigenvalue weighted by molar-refractivity contribution is 6.05. The van der Waals surface area contributed by atoms with Crippen LogP contribution in [0.2, 0.25) is 0 Å². The predicted molar refractivity (Wildman–Crippen MR) is 130 cm³/mol. The Morgan fingerprint density at radius 1 is 0.921 bits per heavy atom. The zero-order valence-corrected chi connectivity index (χ0v) is 21.6. The number of allylic oxidation sites excluding steroid dienone is 1. The Hall–Kier alpha value is -4.95. The average Bonchev–Trinajstić information content (AvgIpc) is 2.82. The van der Waals surface area contributed by atoms with Crippen LogP contribution in [0.4, 0.5) is 11.6 Å². The van der Waals surface area contributed by atoms with Crippen LogP contribution in [0.15, 0.2) is 36.6 Å². The van der Waals surface area contributed by atoms with Crippen molar-refractivity contribution in [3.63, 3.8) is 0 Å². The number of hydrogen-bond donors (Lipinski definition) is 2. The number of nitrogens with zero attached hydrogens (tertiary/aromatic N) is 4. The van der Waals surface area contributed by atoms with Crippen LogP contribution in [-0.2, 0) is 33.3 Å². The van der Waals surface area contributed by atoms with Gasteiger partial charge in [-0.05, 0) is 13.8 Å². The molecule has 0 spiro atoms. The normalized spacial score (nSPS) is 12.9. The predicted octanol–water partition coefficient (Wildman–Crippen LogP) is 1.23. The van der Waals surface area contributed by atoms with Gasteiger partial charge >= 0.3 is 17.9 Å². The third-order valence-electron chi connectivity index (χ3n) is 3.92. The van der Waals surface area contributed by atoms with E-state index < -0.39 is 23.6 Å². The molecular formula is C23H28N6O9. The maximum absolute atomic E-state index is 11.3. The van der Waals surface area contributed by atoms with Gasteiger partial charge in [0.05, 0.1) is 26.7 Å². The highest BCUT2D eigenvalue weighted by atomic mass is 16.7. The number of esters is 3. The van der Waals surface area contributed by atoms with Crippen molar-refractivity contribution in [2.75, 3.05) is 25.3 Å². The summed E-state index contributed by atoms with van der Waals surface area (Å²) in [6.07, 6.45) is 6.44. The summed E-state index contributed by atoms with van der Waals surface area (Å²) >= 11 is 0. The van der Waals surface area contributed by atoms with Crippen molar-refractivity contribution in [2.45, 2.75) is 39.9 Å². The first kappa shape index (κ1) is 31.1. The second-order valence-electron chi connectivity index (χ2n) is 7.63. The van der Waals surface area contributed by atoms with Crippen LogP contribution in [0.25, 0.3) is 0 Å². The SMILES string of the molecule is CC1=CC(=O)OC(C)(C)O1.COC(=O)c1nccnc1N.COC(=O)c1nccnc1NC(=O)CC(C)=O. The molecule has 0 aromatic carbocycles. The highest BCUT2D eigenvalue weighted by Crippen LogP contribution is 2.20. The van der Waals surface area contributed by atoms with Crippen LogP contribution >= 0.6 is 0 Å². The van der Waals surface area contributed by atoms with Gasteiger partial charge in [0.1, 0.15) is 11.5 Å². The van der Waals surface area contributed by atoms with Crippen molar-refractivity contribution < 1.29 is 42.9 Å². The maximum Gasteiger partial charge on any atom is 0.360 e. The number of amides is 1. The van der Waals surface area contributed by atoms with Crippen LogP contribution in [0.1, 0.15) is 55.1 Å². The summed E-state index contributed by atoms with van der Waals surface area (Å²) < 4.78 is 18.8.